The summed E-state index contributed by atoms with van der Waals surface area (Å²) < 4.78 is 0. The van der Waals surface area contributed by atoms with Gasteiger partial charge >= 0.3 is 5.97 Å². The zero-order valence-electron chi connectivity index (χ0n) is 11.7. The molecule has 0 fully saturated rings. The Morgan fingerprint density at radius 1 is 1.20 bits per heavy atom. The summed E-state index contributed by atoms with van der Waals surface area (Å²) in [5.74, 6) is -0.781. The van der Waals surface area contributed by atoms with Crippen LogP contribution < -0.4 is 4.90 Å². The molecular weight excluding hydrogens is 250 g/mol. The molecule has 0 spiro atoms. The van der Waals surface area contributed by atoms with Crippen molar-refractivity contribution >= 4 is 22.4 Å². The maximum atomic E-state index is 10.8. The Labute approximate surface area is 119 Å². The number of rotatable bonds is 6. The summed E-state index contributed by atoms with van der Waals surface area (Å²) in [5.41, 5.74) is 2.08. The zero-order chi connectivity index (χ0) is 14.5. The van der Waals surface area contributed by atoms with Gasteiger partial charge in [-0.2, -0.15) is 0 Å². The number of fused-ring (bicyclic) bond motifs is 1. The second kappa shape index (κ2) is 6.24. The van der Waals surface area contributed by atoms with Crippen LogP contribution in [0.5, 0.6) is 0 Å². The Balaban J connectivity index is 2.39. The van der Waals surface area contributed by atoms with Crippen molar-refractivity contribution in [1.29, 1.82) is 0 Å². The van der Waals surface area contributed by atoms with Crippen LogP contribution in [0.1, 0.15) is 13.3 Å². The van der Waals surface area contributed by atoms with Gasteiger partial charge in [-0.05, 0) is 18.4 Å². The second-order valence-electron chi connectivity index (χ2n) is 5.02. The van der Waals surface area contributed by atoms with Gasteiger partial charge in [0, 0.05) is 24.2 Å². The normalized spacial score (nSPS) is 10.4. The average molecular weight is 269 g/mol. The molecule has 104 valence electrons. The monoisotopic (exact) mass is 269 g/mol. The van der Waals surface area contributed by atoms with Gasteiger partial charge in [0.2, 0.25) is 0 Å². The van der Waals surface area contributed by atoms with Crippen molar-refractivity contribution in [2.24, 2.45) is 0 Å². The van der Waals surface area contributed by atoms with Crippen molar-refractivity contribution in [3.05, 3.63) is 54.6 Å². The Morgan fingerprint density at radius 3 is 2.60 bits per heavy atom. The van der Waals surface area contributed by atoms with Gasteiger partial charge in [0.1, 0.15) is 0 Å². The molecule has 2 aromatic rings. The van der Waals surface area contributed by atoms with Gasteiger partial charge in [-0.3, -0.25) is 4.79 Å². The molecule has 2 aromatic carbocycles. The first-order valence-corrected chi connectivity index (χ1v) is 6.67. The van der Waals surface area contributed by atoms with E-state index in [4.69, 9.17) is 5.11 Å². The van der Waals surface area contributed by atoms with Gasteiger partial charge in [-0.25, -0.2) is 0 Å². The summed E-state index contributed by atoms with van der Waals surface area (Å²) in [6, 6.07) is 14.2. The zero-order valence-corrected chi connectivity index (χ0v) is 11.7. The summed E-state index contributed by atoms with van der Waals surface area (Å²) in [7, 11) is 0. The van der Waals surface area contributed by atoms with E-state index in [1.165, 1.54) is 0 Å². The third-order valence-corrected chi connectivity index (χ3v) is 3.16. The molecule has 0 aliphatic heterocycles. The third kappa shape index (κ3) is 3.38. The summed E-state index contributed by atoms with van der Waals surface area (Å²) in [6.45, 7) is 7.05. The van der Waals surface area contributed by atoms with Crippen molar-refractivity contribution in [3.63, 3.8) is 0 Å². The van der Waals surface area contributed by atoms with Gasteiger partial charge in [0.05, 0.1) is 6.42 Å². The lowest BCUT2D eigenvalue weighted by atomic mass is 10.1. The first-order chi connectivity index (χ1) is 9.58. The van der Waals surface area contributed by atoms with Crippen LogP contribution in [-0.4, -0.2) is 24.2 Å². The van der Waals surface area contributed by atoms with E-state index in [0.717, 1.165) is 22.0 Å². The lowest BCUT2D eigenvalue weighted by Gasteiger charge is -2.26. The smallest absolute Gasteiger partial charge is 0.305 e. The highest BCUT2D eigenvalue weighted by Gasteiger charge is 2.11. The molecule has 0 radical (unpaired) electrons. The minimum atomic E-state index is -0.781. The molecule has 0 aromatic heterocycles. The standard InChI is InChI=1S/C17H19NO2/c1-13(2)12-18(11-10-17(19)20)16-9-5-7-14-6-3-4-8-15(14)16/h3-9H,1,10-12H2,2H3,(H,19,20). The molecule has 3 nitrogen and oxygen atoms in total. The minimum Gasteiger partial charge on any atom is -0.481 e. The fourth-order valence-corrected chi connectivity index (χ4v) is 2.33. The van der Waals surface area contributed by atoms with E-state index >= 15 is 0 Å². The van der Waals surface area contributed by atoms with E-state index < -0.39 is 5.97 Å². The average Bonchev–Trinajstić information content (AvgIpc) is 2.42. The predicted octanol–water partition coefficient (Wildman–Crippen LogP) is 3.70. The van der Waals surface area contributed by atoms with Gasteiger partial charge in [-0.1, -0.05) is 48.6 Å². The van der Waals surface area contributed by atoms with Crippen LogP contribution in [-0.2, 0) is 4.79 Å². The van der Waals surface area contributed by atoms with Gasteiger partial charge in [0.15, 0.2) is 0 Å². The first-order valence-electron chi connectivity index (χ1n) is 6.67. The number of anilines is 1. The van der Waals surface area contributed by atoms with Crippen LogP contribution in [0, 0.1) is 0 Å². The minimum absolute atomic E-state index is 0.122. The van der Waals surface area contributed by atoms with Gasteiger partial charge in [0.25, 0.3) is 0 Å². The third-order valence-electron chi connectivity index (χ3n) is 3.16. The maximum Gasteiger partial charge on any atom is 0.305 e. The van der Waals surface area contributed by atoms with Crippen LogP contribution in [0.15, 0.2) is 54.6 Å². The molecule has 0 amide bonds. The summed E-state index contributed by atoms with van der Waals surface area (Å²) in [4.78, 5) is 12.9. The summed E-state index contributed by atoms with van der Waals surface area (Å²) in [5, 5.41) is 11.2. The molecule has 20 heavy (non-hydrogen) atoms. The van der Waals surface area contributed by atoms with Crippen LogP contribution in [0.25, 0.3) is 10.8 Å². The van der Waals surface area contributed by atoms with Crippen LogP contribution >= 0.6 is 0 Å². The molecule has 0 atom stereocenters. The quantitative estimate of drug-likeness (QED) is 0.813. The first kappa shape index (κ1) is 14.1. The number of hydrogen-bond donors (Lipinski definition) is 1. The highest BCUT2D eigenvalue weighted by Crippen LogP contribution is 2.27. The van der Waals surface area contributed by atoms with E-state index in [2.05, 4.69) is 29.7 Å². The molecule has 3 heteroatoms. The van der Waals surface area contributed by atoms with Crippen LogP contribution in [0.2, 0.25) is 0 Å². The molecule has 1 N–H and O–H groups in total. The van der Waals surface area contributed by atoms with Crippen molar-refractivity contribution in [1.82, 2.24) is 0 Å². The number of nitrogens with zero attached hydrogens (tertiary/aromatic N) is 1. The maximum absolute atomic E-state index is 10.8. The van der Waals surface area contributed by atoms with Gasteiger partial charge < -0.3 is 10.0 Å². The number of carboxylic acid groups (broad SMARTS) is 1. The Kier molecular flexibility index (Phi) is 4.41. The fourth-order valence-electron chi connectivity index (χ4n) is 2.33. The van der Waals surface area contributed by atoms with E-state index in [1.807, 2.05) is 31.2 Å². The molecule has 2 rings (SSSR count). The second-order valence-corrected chi connectivity index (χ2v) is 5.02. The number of aliphatic carboxylic acids is 1. The Morgan fingerprint density at radius 2 is 1.90 bits per heavy atom. The van der Waals surface area contributed by atoms with Crippen molar-refractivity contribution < 1.29 is 9.90 Å². The molecule has 0 heterocycles. The highest BCUT2D eigenvalue weighted by atomic mass is 16.4. The van der Waals surface area contributed by atoms with E-state index in [-0.39, 0.29) is 6.42 Å². The van der Waals surface area contributed by atoms with E-state index in [1.54, 1.807) is 0 Å². The van der Waals surface area contributed by atoms with Crippen LogP contribution in [0.3, 0.4) is 0 Å². The van der Waals surface area contributed by atoms with Gasteiger partial charge in [-0.15, -0.1) is 0 Å². The Hall–Kier alpha value is -2.29. The molecule has 0 saturated carbocycles. The van der Waals surface area contributed by atoms with Crippen molar-refractivity contribution in [3.8, 4) is 0 Å². The van der Waals surface area contributed by atoms with Crippen LogP contribution in [0.4, 0.5) is 5.69 Å². The Bertz CT molecular complexity index is 628. The van der Waals surface area contributed by atoms with Crippen molar-refractivity contribution in [2.75, 3.05) is 18.0 Å². The summed E-state index contributed by atoms with van der Waals surface area (Å²) >= 11 is 0. The lowest BCUT2D eigenvalue weighted by Crippen LogP contribution is -2.27. The fraction of sp³-hybridized carbons (Fsp3) is 0.235. The van der Waals surface area contributed by atoms with E-state index in [9.17, 15) is 4.79 Å². The molecule has 0 aliphatic carbocycles. The topological polar surface area (TPSA) is 40.5 Å². The SMILES string of the molecule is C=C(C)CN(CCC(=O)O)c1cccc2ccccc12. The number of carboxylic acids is 1. The van der Waals surface area contributed by atoms with E-state index in [0.29, 0.717) is 13.1 Å². The molecule has 0 bridgehead atoms. The molecular formula is C17H19NO2. The number of carbonyl (C=O) groups is 1. The lowest BCUT2D eigenvalue weighted by molar-refractivity contribution is -0.136. The molecule has 0 saturated heterocycles. The number of hydrogen-bond acceptors (Lipinski definition) is 2. The summed E-state index contributed by atoms with van der Waals surface area (Å²) in [6.07, 6.45) is 0.122. The van der Waals surface area contributed by atoms with Crippen molar-refractivity contribution in [2.45, 2.75) is 13.3 Å². The largest absolute Gasteiger partial charge is 0.481 e. The number of benzene rings is 2. The highest BCUT2D eigenvalue weighted by molar-refractivity contribution is 5.94. The molecule has 0 unspecified atom stereocenters. The predicted molar refractivity (Wildman–Crippen MR) is 83.2 cm³/mol. The molecule has 0 aliphatic rings.